The molecule has 3 amide bonds. The van der Waals surface area contributed by atoms with Crippen molar-refractivity contribution in [3.05, 3.63) is 24.5 Å². The lowest BCUT2D eigenvalue weighted by Crippen LogP contribution is -2.39. The van der Waals surface area contributed by atoms with Gasteiger partial charge in [0.05, 0.1) is 5.25 Å². The summed E-state index contributed by atoms with van der Waals surface area (Å²) in [5.41, 5.74) is 0.906. The van der Waals surface area contributed by atoms with E-state index in [1.165, 1.54) is 16.7 Å². The highest BCUT2D eigenvalue weighted by molar-refractivity contribution is 8.00. The highest BCUT2D eigenvalue weighted by Gasteiger charge is 2.31. The van der Waals surface area contributed by atoms with E-state index in [4.69, 9.17) is 4.74 Å². The van der Waals surface area contributed by atoms with Crippen molar-refractivity contribution in [1.29, 1.82) is 0 Å². The van der Waals surface area contributed by atoms with Crippen molar-refractivity contribution >= 4 is 23.7 Å². The smallest absolute Gasteiger partial charge is 0.324 e. The number of carbonyl (C=O) groups is 2. The average Bonchev–Trinajstić information content (AvgIpc) is 3.31. The molecule has 0 aliphatic carbocycles. The fraction of sp³-hybridized carbons (Fsp3) is 0.500. The van der Waals surface area contributed by atoms with Gasteiger partial charge in [0.1, 0.15) is 0 Å². The average molecular weight is 404 g/mol. The summed E-state index contributed by atoms with van der Waals surface area (Å²) in [5, 5.41) is 11.5. The van der Waals surface area contributed by atoms with Gasteiger partial charge in [-0.1, -0.05) is 11.8 Å². The van der Waals surface area contributed by atoms with Gasteiger partial charge in [0.25, 0.3) is 0 Å². The van der Waals surface area contributed by atoms with E-state index < -0.39 is 5.25 Å². The lowest BCUT2D eigenvalue weighted by molar-refractivity contribution is -0.126. The highest BCUT2D eigenvalue weighted by atomic mass is 32.2. The molecular formula is C18H24N6O3S. The molecule has 3 heterocycles. The Balaban J connectivity index is 1.78. The molecule has 150 valence electrons. The van der Waals surface area contributed by atoms with Crippen molar-refractivity contribution in [2.45, 2.75) is 37.2 Å². The number of urea groups is 1. The van der Waals surface area contributed by atoms with Crippen molar-refractivity contribution in [1.82, 2.24) is 30.0 Å². The van der Waals surface area contributed by atoms with Gasteiger partial charge in [0.15, 0.2) is 11.0 Å². The van der Waals surface area contributed by atoms with Crippen LogP contribution in [0, 0.1) is 0 Å². The second-order valence-corrected chi connectivity index (χ2v) is 7.53. The number of carbonyl (C=O) groups excluding carboxylic acids is 2. The Morgan fingerprint density at radius 1 is 1.36 bits per heavy atom. The van der Waals surface area contributed by atoms with Crippen LogP contribution >= 0.6 is 11.8 Å². The molecule has 1 saturated heterocycles. The van der Waals surface area contributed by atoms with E-state index >= 15 is 0 Å². The van der Waals surface area contributed by atoms with Gasteiger partial charge in [-0.25, -0.2) is 4.79 Å². The van der Waals surface area contributed by atoms with Crippen molar-refractivity contribution in [2.75, 3.05) is 26.3 Å². The lowest BCUT2D eigenvalue weighted by Gasteiger charge is -2.17. The third-order valence-corrected chi connectivity index (χ3v) is 5.35. The molecule has 1 aliphatic heterocycles. The normalized spacial score (nSPS) is 14.9. The molecule has 10 heteroatoms. The summed E-state index contributed by atoms with van der Waals surface area (Å²) in [6, 6.07) is 3.41. The second-order valence-electron chi connectivity index (χ2n) is 6.23. The zero-order valence-electron chi connectivity index (χ0n) is 16.0. The minimum Gasteiger partial charge on any atom is -0.382 e. The number of aromatic nitrogens is 4. The molecule has 1 atom stereocenters. The van der Waals surface area contributed by atoms with E-state index in [0.717, 1.165) is 17.8 Å². The number of rotatable bonds is 9. The van der Waals surface area contributed by atoms with Crippen LogP contribution in [-0.4, -0.2) is 68.1 Å². The third-order valence-electron chi connectivity index (χ3n) is 4.28. The van der Waals surface area contributed by atoms with Gasteiger partial charge in [-0.3, -0.25) is 14.7 Å². The molecule has 9 nitrogen and oxygen atoms in total. The first-order chi connectivity index (χ1) is 13.6. The number of hydrogen-bond donors (Lipinski definition) is 1. The van der Waals surface area contributed by atoms with Gasteiger partial charge in [0.2, 0.25) is 5.91 Å². The molecule has 0 aromatic carbocycles. The van der Waals surface area contributed by atoms with Crippen molar-refractivity contribution in [3.8, 4) is 11.4 Å². The Bertz CT molecular complexity index is 813. The van der Waals surface area contributed by atoms with E-state index in [0.29, 0.717) is 38.0 Å². The number of amides is 3. The first-order valence-electron chi connectivity index (χ1n) is 9.29. The second kappa shape index (κ2) is 9.65. The van der Waals surface area contributed by atoms with Crippen LogP contribution in [0.1, 0.15) is 20.3 Å². The summed E-state index contributed by atoms with van der Waals surface area (Å²) < 4.78 is 7.43. The maximum Gasteiger partial charge on any atom is 0.324 e. The Morgan fingerprint density at radius 3 is 2.82 bits per heavy atom. The standard InChI is InChI=1S/C18H24N6O3S/c1-3-27-12-4-10-23-15(14-5-7-19-8-6-14)21-22-18(23)28-13(2)16(25)24-11-9-20-17(24)26/h5-8,13H,3-4,9-12H2,1-2H3,(H,20,26)/t13-/m0/s1. The molecule has 1 N–H and O–H groups in total. The topological polar surface area (TPSA) is 102 Å². The molecule has 0 saturated carbocycles. The number of thioether (sulfide) groups is 1. The van der Waals surface area contributed by atoms with Crippen LogP contribution in [0.15, 0.2) is 29.7 Å². The predicted octanol–water partition coefficient (Wildman–Crippen LogP) is 1.80. The molecule has 2 aromatic heterocycles. The zero-order valence-corrected chi connectivity index (χ0v) is 16.8. The Hall–Kier alpha value is -2.46. The molecule has 0 bridgehead atoms. The van der Waals surface area contributed by atoms with Gasteiger partial charge >= 0.3 is 6.03 Å². The first-order valence-corrected chi connectivity index (χ1v) is 10.2. The van der Waals surface area contributed by atoms with Crippen molar-refractivity contribution < 1.29 is 14.3 Å². The summed E-state index contributed by atoms with van der Waals surface area (Å²) in [6.07, 6.45) is 4.22. The van der Waals surface area contributed by atoms with E-state index in [1.807, 2.05) is 23.6 Å². The molecule has 28 heavy (non-hydrogen) atoms. The molecule has 2 aromatic rings. The lowest BCUT2D eigenvalue weighted by atomic mass is 10.2. The maximum absolute atomic E-state index is 12.6. The zero-order chi connectivity index (χ0) is 19.9. The molecule has 1 fully saturated rings. The van der Waals surface area contributed by atoms with Gasteiger partial charge in [-0.2, -0.15) is 0 Å². The van der Waals surface area contributed by atoms with Crippen LogP contribution in [0.5, 0.6) is 0 Å². The van der Waals surface area contributed by atoms with Crippen LogP contribution in [0.4, 0.5) is 4.79 Å². The maximum atomic E-state index is 12.6. The highest BCUT2D eigenvalue weighted by Crippen LogP contribution is 2.28. The number of imide groups is 1. The quantitative estimate of drug-likeness (QED) is 0.502. The summed E-state index contributed by atoms with van der Waals surface area (Å²) in [7, 11) is 0. The predicted molar refractivity (Wildman–Crippen MR) is 105 cm³/mol. The summed E-state index contributed by atoms with van der Waals surface area (Å²) in [6.45, 7) is 6.60. The Morgan fingerprint density at radius 2 is 2.14 bits per heavy atom. The van der Waals surface area contributed by atoms with Crippen LogP contribution in [0.25, 0.3) is 11.4 Å². The van der Waals surface area contributed by atoms with Crippen LogP contribution in [-0.2, 0) is 16.1 Å². The Labute approximate surface area is 167 Å². The fourth-order valence-corrected chi connectivity index (χ4v) is 3.81. The van der Waals surface area contributed by atoms with Gasteiger partial charge in [-0.15, -0.1) is 10.2 Å². The number of nitrogens with one attached hydrogen (secondary N) is 1. The van der Waals surface area contributed by atoms with Crippen LogP contribution < -0.4 is 5.32 Å². The van der Waals surface area contributed by atoms with Gasteiger partial charge in [-0.05, 0) is 32.4 Å². The first kappa shape index (κ1) is 20.3. The van der Waals surface area contributed by atoms with Crippen LogP contribution in [0.3, 0.4) is 0 Å². The molecule has 3 rings (SSSR count). The molecule has 1 aliphatic rings. The SMILES string of the molecule is CCOCCCn1c(S[C@@H](C)C(=O)N2CCNC2=O)nnc1-c1ccncc1. The number of hydrogen-bond acceptors (Lipinski definition) is 7. The summed E-state index contributed by atoms with van der Waals surface area (Å²) >= 11 is 1.31. The molecule has 0 radical (unpaired) electrons. The number of pyridine rings is 1. The van der Waals surface area contributed by atoms with Gasteiger partial charge < -0.3 is 14.6 Å². The summed E-state index contributed by atoms with van der Waals surface area (Å²) in [4.78, 5) is 29.7. The van der Waals surface area contributed by atoms with E-state index in [2.05, 4.69) is 20.5 Å². The minimum absolute atomic E-state index is 0.227. The molecule has 0 spiro atoms. The fourth-order valence-electron chi connectivity index (χ4n) is 2.87. The van der Waals surface area contributed by atoms with Gasteiger partial charge in [0, 0.05) is 50.8 Å². The van der Waals surface area contributed by atoms with Crippen LogP contribution in [0.2, 0.25) is 0 Å². The van der Waals surface area contributed by atoms with E-state index in [-0.39, 0.29) is 11.9 Å². The van der Waals surface area contributed by atoms with E-state index in [1.54, 1.807) is 19.3 Å². The monoisotopic (exact) mass is 404 g/mol. The van der Waals surface area contributed by atoms with E-state index in [9.17, 15) is 9.59 Å². The third kappa shape index (κ3) is 4.68. The number of ether oxygens (including phenoxy) is 1. The Kier molecular flexibility index (Phi) is 6.99. The van der Waals surface area contributed by atoms with Crippen molar-refractivity contribution in [2.24, 2.45) is 0 Å². The molecular weight excluding hydrogens is 380 g/mol. The minimum atomic E-state index is -0.455. The summed E-state index contributed by atoms with van der Waals surface area (Å²) in [5.74, 6) is 0.495. The molecule has 0 unspecified atom stereocenters. The largest absolute Gasteiger partial charge is 0.382 e. The number of nitrogens with zero attached hydrogens (tertiary/aromatic N) is 5. The van der Waals surface area contributed by atoms with Crippen molar-refractivity contribution in [3.63, 3.8) is 0 Å².